The molecule has 0 bridgehead atoms. The zero-order chi connectivity index (χ0) is 16.0. The van der Waals surface area contributed by atoms with Gasteiger partial charge in [0.25, 0.3) is 0 Å². The lowest BCUT2D eigenvalue weighted by Gasteiger charge is -2.45. The molecule has 2 heterocycles. The van der Waals surface area contributed by atoms with E-state index in [1.165, 1.54) is 12.8 Å². The highest BCUT2D eigenvalue weighted by molar-refractivity contribution is 7.91. The van der Waals surface area contributed by atoms with Crippen LogP contribution in [0.4, 0.5) is 5.69 Å². The Hall–Kier alpha value is -1.40. The van der Waals surface area contributed by atoms with Gasteiger partial charge in [0, 0.05) is 17.8 Å². The van der Waals surface area contributed by atoms with E-state index in [0.717, 1.165) is 18.5 Å². The SMILES string of the molecule is O=C1CN(C2CCCC2)[C@@H]2CS(=O)(=O)C[C@H]2N1c1ccccc1. The highest BCUT2D eigenvalue weighted by Crippen LogP contribution is 2.35. The van der Waals surface area contributed by atoms with E-state index in [0.29, 0.717) is 12.6 Å². The number of carbonyl (C=O) groups excluding carboxylic acids is 1. The van der Waals surface area contributed by atoms with Gasteiger partial charge in [0.2, 0.25) is 5.91 Å². The van der Waals surface area contributed by atoms with Gasteiger partial charge in [-0.15, -0.1) is 0 Å². The van der Waals surface area contributed by atoms with Crippen molar-refractivity contribution in [3.63, 3.8) is 0 Å². The summed E-state index contributed by atoms with van der Waals surface area (Å²) in [4.78, 5) is 16.7. The van der Waals surface area contributed by atoms with Crippen molar-refractivity contribution in [1.29, 1.82) is 0 Å². The number of carbonyl (C=O) groups is 1. The van der Waals surface area contributed by atoms with E-state index in [1.807, 2.05) is 30.3 Å². The van der Waals surface area contributed by atoms with Crippen molar-refractivity contribution in [2.24, 2.45) is 0 Å². The van der Waals surface area contributed by atoms with E-state index in [2.05, 4.69) is 4.90 Å². The van der Waals surface area contributed by atoms with Gasteiger partial charge in [0.15, 0.2) is 9.84 Å². The summed E-state index contributed by atoms with van der Waals surface area (Å²) in [7, 11) is -3.09. The molecule has 3 aliphatic rings. The highest BCUT2D eigenvalue weighted by atomic mass is 32.2. The Balaban J connectivity index is 1.70. The molecule has 0 aromatic heterocycles. The molecule has 1 amide bonds. The number of anilines is 1. The number of amides is 1. The molecular weight excluding hydrogens is 312 g/mol. The summed E-state index contributed by atoms with van der Waals surface area (Å²) in [5.74, 6) is 0.299. The Labute approximate surface area is 137 Å². The normalized spacial score (nSPS) is 31.5. The average molecular weight is 334 g/mol. The minimum Gasteiger partial charge on any atom is -0.306 e. The zero-order valence-corrected chi connectivity index (χ0v) is 13.9. The van der Waals surface area contributed by atoms with Gasteiger partial charge in [-0.25, -0.2) is 8.42 Å². The quantitative estimate of drug-likeness (QED) is 0.821. The van der Waals surface area contributed by atoms with Crippen molar-refractivity contribution in [2.75, 3.05) is 23.0 Å². The fourth-order valence-corrected chi connectivity index (χ4v) is 6.43. The second-order valence-corrected chi connectivity index (χ2v) is 9.08. The lowest BCUT2D eigenvalue weighted by molar-refractivity contribution is -0.124. The number of nitrogens with zero attached hydrogens (tertiary/aromatic N) is 2. The van der Waals surface area contributed by atoms with Crippen molar-refractivity contribution >= 4 is 21.4 Å². The van der Waals surface area contributed by atoms with Gasteiger partial charge in [-0.2, -0.15) is 0 Å². The standard InChI is InChI=1S/C17H22N2O3S/c20-17-10-18(13-6-4-5-7-13)15-11-23(21,22)12-16(15)19(17)14-8-2-1-3-9-14/h1-3,8-9,13,15-16H,4-7,10-12H2/t15-,16-/m1/s1. The van der Waals surface area contributed by atoms with Crippen LogP contribution < -0.4 is 4.90 Å². The molecule has 0 radical (unpaired) electrons. The summed E-state index contributed by atoms with van der Waals surface area (Å²) in [5, 5.41) is 0. The molecule has 0 spiro atoms. The van der Waals surface area contributed by atoms with Crippen LogP contribution in [0.2, 0.25) is 0 Å². The lowest BCUT2D eigenvalue weighted by atomic mass is 10.00. The minimum absolute atomic E-state index is 0.0291. The maximum atomic E-state index is 12.8. The van der Waals surface area contributed by atoms with Gasteiger partial charge in [-0.1, -0.05) is 31.0 Å². The van der Waals surface area contributed by atoms with Crippen LogP contribution >= 0.6 is 0 Å². The van der Waals surface area contributed by atoms with Crippen molar-refractivity contribution in [2.45, 2.75) is 43.8 Å². The molecule has 1 aromatic carbocycles. The third-order valence-corrected chi connectivity index (χ3v) is 7.16. The second kappa shape index (κ2) is 5.60. The fraction of sp³-hybridized carbons (Fsp3) is 0.588. The maximum Gasteiger partial charge on any atom is 0.241 e. The summed E-state index contributed by atoms with van der Waals surface area (Å²) in [6.07, 6.45) is 4.54. The average Bonchev–Trinajstić information content (AvgIpc) is 3.14. The van der Waals surface area contributed by atoms with Gasteiger partial charge in [-0.3, -0.25) is 9.69 Å². The Bertz CT molecular complexity index is 698. The first-order valence-corrected chi connectivity index (χ1v) is 10.2. The van der Waals surface area contributed by atoms with E-state index in [9.17, 15) is 13.2 Å². The predicted molar refractivity (Wildman–Crippen MR) is 89.1 cm³/mol. The molecule has 0 N–H and O–H groups in total. The van der Waals surface area contributed by atoms with Gasteiger partial charge in [-0.05, 0) is 25.0 Å². The monoisotopic (exact) mass is 334 g/mol. The molecule has 6 heteroatoms. The number of piperazine rings is 1. The van der Waals surface area contributed by atoms with Crippen LogP contribution in [-0.4, -0.2) is 55.4 Å². The van der Waals surface area contributed by atoms with Crippen LogP contribution in [0.25, 0.3) is 0 Å². The summed E-state index contributed by atoms with van der Waals surface area (Å²) in [5.41, 5.74) is 0.815. The highest BCUT2D eigenvalue weighted by Gasteiger charge is 2.51. The van der Waals surface area contributed by atoms with E-state index < -0.39 is 9.84 Å². The van der Waals surface area contributed by atoms with E-state index in [-0.39, 0.29) is 29.5 Å². The molecule has 3 fully saturated rings. The smallest absolute Gasteiger partial charge is 0.241 e. The molecule has 2 saturated heterocycles. The molecule has 4 rings (SSSR count). The van der Waals surface area contributed by atoms with Gasteiger partial charge in [0.1, 0.15) is 0 Å². The predicted octanol–water partition coefficient (Wildman–Crippen LogP) is 1.44. The van der Waals surface area contributed by atoms with Crippen molar-refractivity contribution in [3.05, 3.63) is 30.3 Å². The summed E-state index contributed by atoms with van der Waals surface area (Å²) in [6, 6.07) is 9.56. The van der Waals surface area contributed by atoms with Crippen LogP contribution in [0, 0.1) is 0 Å². The topological polar surface area (TPSA) is 57.7 Å². The Kier molecular flexibility index (Phi) is 3.69. The first kappa shape index (κ1) is 15.1. The number of sulfone groups is 1. The van der Waals surface area contributed by atoms with E-state index in [1.54, 1.807) is 4.90 Å². The number of benzene rings is 1. The van der Waals surface area contributed by atoms with Crippen LogP contribution in [0.1, 0.15) is 25.7 Å². The number of hydrogen-bond acceptors (Lipinski definition) is 4. The lowest BCUT2D eigenvalue weighted by Crippen LogP contribution is -2.64. The molecule has 5 nitrogen and oxygen atoms in total. The molecule has 1 aliphatic carbocycles. The first-order chi connectivity index (χ1) is 11.1. The molecule has 2 atom stereocenters. The zero-order valence-electron chi connectivity index (χ0n) is 13.1. The molecule has 1 saturated carbocycles. The third-order valence-electron chi connectivity index (χ3n) is 5.47. The van der Waals surface area contributed by atoms with Crippen LogP contribution in [0.3, 0.4) is 0 Å². The number of rotatable bonds is 2. The van der Waals surface area contributed by atoms with Gasteiger partial charge < -0.3 is 4.90 Å². The van der Waals surface area contributed by atoms with Crippen LogP contribution in [0.5, 0.6) is 0 Å². The molecule has 23 heavy (non-hydrogen) atoms. The second-order valence-electron chi connectivity index (χ2n) is 6.92. The summed E-state index contributed by atoms with van der Waals surface area (Å²) >= 11 is 0. The molecular formula is C17H22N2O3S. The van der Waals surface area contributed by atoms with Gasteiger partial charge >= 0.3 is 0 Å². The maximum absolute atomic E-state index is 12.8. The van der Waals surface area contributed by atoms with Gasteiger partial charge in [0.05, 0.1) is 24.1 Å². The largest absolute Gasteiger partial charge is 0.306 e. The van der Waals surface area contributed by atoms with E-state index >= 15 is 0 Å². The molecule has 0 unspecified atom stereocenters. The number of para-hydroxylation sites is 1. The third kappa shape index (κ3) is 2.68. The van der Waals surface area contributed by atoms with Crippen molar-refractivity contribution in [3.8, 4) is 0 Å². The Morgan fingerprint density at radius 2 is 1.61 bits per heavy atom. The van der Waals surface area contributed by atoms with Crippen LogP contribution in [0.15, 0.2) is 30.3 Å². The number of fused-ring (bicyclic) bond motifs is 1. The number of hydrogen-bond donors (Lipinski definition) is 0. The van der Waals surface area contributed by atoms with Crippen molar-refractivity contribution in [1.82, 2.24) is 4.90 Å². The van der Waals surface area contributed by atoms with E-state index in [4.69, 9.17) is 0 Å². The van der Waals surface area contributed by atoms with Crippen LogP contribution in [-0.2, 0) is 14.6 Å². The summed E-state index contributed by atoms with van der Waals surface area (Å²) in [6.45, 7) is 0.343. The Morgan fingerprint density at radius 1 is 0.957 bits per heavy atom. The Morgan fingerprint density at radius 3 is 2.30 bits per heavy atom. The minimum atomic E-state index is -3.09. The molecule has 2 aliphatic heterocycles. The molecule has 124 valence electrons. The van der Waals surface area contributed by atoms with Crippen molar-refractivity contribution < 1.29 is 13.2 Å². The first-order valence-electron chi connectivity index (χ1n) is 8.38. The summed E-state index contributed by atoms with van der Waals surface area (Å²) < 4.78 is 24.6. The fourth-order valence-electron chi connectivity index (χ4n) is 4.47. The molecule has 1 aromatic rings.